The Balaban J connectivity index is 2.80. The maximum absolute atomic E-state index is 9.07. The molecule has 0 fully saturated rings. The standard InChI is InChI=1S/C9H14N2OS/c1-9(2,6-12)13-8-3-4-11-5-7(8)10/h3-5,12H,6,10H2,1-2H3. The highest BCUT2D eigenvalue weighted by molar-refractivity contribution is 8.00. The van der Waals surface area contributed by atoms with Gasteiger partial charge >= 0.3 is 0 Å². The van der Waals surface area contributed by atoms with Gasteiger partial charge in [0, 0.05) is 15.8 Å². The number of pyridine rings is 1. The summed E-state index contributed by atoms with van der Waals surface area (Å²) in [5.74, 6) is 0. The quantitative estimate of drug-likeness (QED) is 0.723. The molecule has 1 aromatic heterocycles. The summed E-state index contributed by atoms with van der Waals surface area (Å²) in [5.41, 5.74) is 6.38. The summed E-state index contributed by atoms with van der Waals surface area (Å²) in [6, 6.07) is 1.86. The number of nitrogen functional groups attached to an aromatic ring is 1. The lowest BCUT2D eigenvalue weighted by molar-refractivity contribution is 0.265. The van der Waals surface area contributed by atoms with E-state index in [1.54, 1.807) is 24.2 Å². The number of thioether (sulfide) groups is 1. The van der Waals surface area contributed by atoms with Crippen molar-refractivity contribution in [2.75, 3.05) is 12.3 Å². The smallest absolute Gasteiger partial charge is 0.0638 e. The molecule has 0 unspecified atom stereocenters. The predicted octanol–water partition coefficient (Wildman–Crippen LogP) is 1.53. The predicted molar refractivity (Wildman–Crippen MR) is 55.7 cm³/mol. The molecule has 0 aromatic carbocycles. The van der Waals surface area contributed by atoms with E-state index in [1.165, 1.54) is 0 Å². The van der Waals surface area contributed by atoms with Crippen LogP contribution in [0.1, 0.15) is 13.8 Å². The first-order valence-corrected chi connectivity index (χ1v) is 4.86. The van der Waals surface area contributed by atoms with Crippen molar-refractivity contribution in [1.82, 2.24) is 4.98 Å². The molecule has 3 N–H and O–H groups in total. The molecular formula is C9H14N2OS. The van der Waals surface area contributed by atoms with Crippen LogP contribution in [0.25, 0.3) is 0 Å². The highest BCUT2D eigenvalue weighted by Crippen LogP contribution is 2.34. The van der Waals surface area contributed by atoms with Gasteiger partial charge in [0.05, 0.1) is 18.5 Å². The van der Waals surface area contributed by atoms with Crippen LogP contribution in [0.4, 0.5) is 5.69 Å². The van der Waals surface area contributed by atoms with Crippen LogP contribution in [0.3, 0.4) is 0 Å². The number of hydrogen-bond donors (Lipinski definition) is 2. The Morgan fingerprint density at radius 2 is 2.31 bits per heavy atom. The van der Waals surface area contributed by atoms with Crippen LogP contribution in [0, 0.1) is 0 Å². The number of nitrogens with zero attached hydrogens (tertiary/aromatic N) is 1. The highest BCUT2D eigenvalue weighted by Gasteiger charge is 2.18. The molecule has 0 atom stereocenters. The third-order valence-corrected chi connectivity index (χ3v) is 2.85. The van der Waals surface area contributed by atoms with E-state index < -0.39 is 0 Å². The average Bonchev–Trinajstić information content (AvgIpc) is 2.09. The highest BCUT2D eigenvalue weighted by atomic mass is 32.2. The van der Waals surface area contributed by atoms with Crippen molar-refractivity contribution in [3.63, 3.8) is 0 Å². The van der Waals surface area contributed by atoms with Crippen molar-refractivity contribution in [1.29, 1.82) is 0 Å². The molecule has 0 spiro atoms. The summed E-state index contributed by atoms with van der Waals surface area (Å²) < 4.78 is -0.199. The van der Waals surface area contributed by atoms with Crippen LogP contribution in [0.15, 0.2) is 23.4 Å². The molecule has 0 radical (unpaired) electrons. The SMILES string of the molecule is CC(C)(CO)Sc1ccncc1N. The number of hydrogen-bond acceptors (Lipinski definition) is 4. The fourth-order valence-corrected chi connectivity index (χ4v) is 1.78. The second kappa shape index (κ2) is 3.98. The van der Waals surface area contributed by atoms with Crippen LogP contribution >= 0.6 is 11.8 Å². The van der Waals surface area contributed by atoms with E-state index in [4.69, 9.17) is 10.8 Å². The van der Waals surface area contributed by atoms with E-state index in [-0.39, 0.29) is 11.4 Å². The Morgan fingerprint density at radius 3 is 2.85 bits per heavy atom. The van der Waals surface area contributed by atoms with Crippen molar-refractivity contribution >= 4 is 17.4 Å². The van der Waals surface area contributed by atoms with E-state index in [0.717, 1.165) is 4.90 Å². The van der Waals surface area contributed by atoms with E-state index in [2.05, 4.69) is 4.98 Å². The van der Waals surface area contributed by atoms with Gasteiger partial charge in [0.2, 0.25) is 0 Å². The van der Waals surface area contributed by atoms with Gasteiger partial charge in [-0.25, -0.2) is 0 Å². The van der Waals surface area contributed by atoms with Gasteiger partial charge in [-0.05, 0) is 19.9 Å². The summed E-state index contributed by atoms with van der Waals surface area (Å²) in [6.07, 6.45) is 3.32. The molecule has 0 aliphatic carbocycles. The lowest BCUT2D eigenvalue weighted by Crippen LogP contribution is -2.19. The Labute approximate surface area is 82.4 Å². The molecule has 1 aromatic rings. The van der Waals surface area contributed by atoms with Crippen molar-refractivity contribution in [3.8, 4) is 0 Å². The van der Waals surface area contributed by atoms with Gasteiger partial charge in [0.1, 0.15) is 0 Å². The second-order valence-corrected chi connectivity index (χ2v) is 5.18. The molecule has 0 bridgehead atoms. The molecule has 13 heavy (non-hydrogen) atoms. The molecule has 72 valence electrons. The van der Waals surface area contributed by atoms with Gasteiger partial charge in [0.25, 0.3) is 0 Å². The molecule has 0 aliphatic heterocycles. The Bertz CT molecular complexity index is 289. The van der Waals surface area contributed by atoms with Gasteiger partial charge in [-0.3, -0.25) is 4.98 Å². The number of aromatic nitrogens is 1. The molecule has 0 saturated heterocycles. The summed E-state index contributed by atoms with van der Waals surface area (Å²) in [5, 5.41) is 9.07. The maximum Gasteiger partial charge on any atom is 0.0638 e. The summed E-state index contributed by atoms with van der Waals surface area (Å²) in [4.78, 5) is 4.87. The molecule has 3 nitrogen and oxygen atoms in total. The average molecular weight is 198 g/mol. The fraction of sp³-hybridized carbons (Fsp3) is 0.444. The van der Waals surface area contributed by atoms with E-state index in [9.17, 15) is 0 Å². The number of aliphatic hydroxyl groups excluding tert-OH is 1. The largest absolute Gasteiger partial charge is 0.397 e. The van der Waals surface area contributed by atoms with Crippen molar-refractivity contribution in [2.45, 2.75) is 23.5 Å². The van der Waals surface area contributed by atoms with E-state index >= 15 is 0 Å². The van der Waals surface area contributed by atoms with Gasteiger partial charge in [-0.15, -0.1) is 11.8 Å². The second-order valence-electron chi connectivity index (χ2n) is 3.43. The topological polar surface area (TPSA) is 59.1 Å². The summed E-state index contributed by atoms with van der Waals surface area (Å²) >= 11 is 1.56. The first-order chi connectivity index (χ1) is 6.05. The summed E-state index contributed by atoms with van der Waals surface area (Å²) in [7, 11) is 0. The van der Waals surface area contributed by atoms with Crippen LogP contribution in [-0.2, 0) is 0 Å². The fourth-order valence-electron chi connectivity index (χ4n) is 0.817. The van der Waals surface area contributed by atoms with Gasteiger partial charge in [-0.1, -0.05) is 0 Å². The monoisotopic (exact) mass is 198 g/mol. The first-order valence-electron chi connectivity index (χ1n) is 4.04. The van der Waals surface area contributed by atoms with Crippen LogP contribution in [0.5, 0.6) is 0 Å². The molecule has 0 aliphatic rings. The number of anilines is 1. The van der Waals surface area contributed by atoms with Crippen molar-refractivity contribution < 1.29 is 5.11 Å². The Hall–Kier alpha value is -0.740. The maximum atomic E-state index is 9.07. The first kappa shape index (κ1) is 10.3. The molecule has 0 amide bonds. The Morgan fingerprint density at radius 1 is 1.62 bits per heavy atom. The number of rotatable bonds is 3. The van der Waals surface area contributed by atoms with Crippen molar-refractivity contribution in [3.05, 3.63) is 18.5 Å². The molecule has 4 heteroatoms. The third-order valence-electron chi connectivity index (χ3n) is 1.58. The minimum Gasteiger partial charge on any atom is -0.397 e. The van der Waals surface area contributed by atoms with Gasteiger partial charge < -0.3 is 10.8 Å². The third kappa shape index (κ3) is 2.90. The lowest BCUT2D eigenvalue weighted by Gasteiger charge is -2.21. The molecule has 0 saturated carbocycles. The zero-order valence-corrected chi connectivity index (χ0v) is 8.64. The van der Waals surface area contributed by atoms with Gasteiger partial charge in [0.15, 0.2) is 0 Å². The Kier molecular flexibility index (Phi) is 3.17. The summed E-state index contributed by atoms with van der Waals surface area (Å²) in [6.45, 7) is 4.06. The van der Waals surface area contributed by atoms with E-state index in [0.29, 0.717) is 5.69 Å². The van der Waals surface area contributed by atoms with E-state index in [1.807, 2.05) is 19.9 Å². The molecule has 1 rings (SSSR count). The lowest BCUT2D eigenvalue weighted by atomic mass is 10.2. The minimum absolute atomic E-state index is 0.124. The molecular weight excluding hydrogens is 184 g/mol. The minimum atomic E-state index is -0.199. The van der Waals surface area contributed by atoms with Crippen LogP contribution < -0.4 is 5.73 Å². The van der Waals surface area contributed by atoms with Crippen LogP contribution in [0.2, 0.25) is 0 Å². The van der Waals surface area contributed by atoms with Crippen molar-refractivity contribution in [2.24, 2.45) is 0 Å². The normalized spacial score (nSPS) is 11.6. The van der Waals surface area contributed by atoms with Crippen LogP contribution in [-0.4, -0.2) is 21.4 Å². The molecule has 1 heterocycles. The van der Waals surface area contributed by atoms with Gasteiger partial charge in [-0.2, -0.15) is 0 Å². The number of nitrogens with two attached hydrogens (primary N) is 1. The number of aliphatic hydroxyl groups is 1. The zero-order valence-electron chi connectivity index (χ0n) is 7.82. The zero-order chi connectivity index (χ0) is 9.90.